The molecular formula is C23H27F3N2O4S. The number of carbonyl (C=O) groups is 1. The van der Waals surface area contributed by atoms with E-state index in [1.54, 1.807) is 12.1 Å². The highest BCUT2D eigenvalue weighted by atomic mass is 32.2. The molecule has 1 atom stereocenters. The molecule has 2 aromatic rings. The van der Waals surface area contributed by atoms with Gasteiger partial charge in [0.2, 0.25) is 15.9 Å². The zero-order valence-electron chi connectivity index (χ0n) is 18.6. The van der Waals surface area contributed by atoms with Crippen LogP contribution in [-0.2, 0) is 21.0 Å². The third-order valence-electron chi connectivity index (χ3n) is 5.71. The van der Waals surface area contributed by atoms with Gasteiger partial charge in [0, 0.05) is 18.8 Å². The lowest BCUT2D eigenvalue weighted by molar-refractivity contribution is -0.137. The van der Waals surface area contributed by atoms with Gasteiger partial charge in [-0.25, -0.2) is 8.42 Å². The molecule has 3 rings (SSSR count). The van der Waals surface area contributed by atoms with Crippen molar-refractivity contribution >= 4 is 21.6 Å². The molecule has 1 saturated heterocycles. The molecule has 0 unspecified atom stereocenters. The molecule has 1 aliphatic heterocycles. The van der Waals surface area contributed by atoms with Crippen LogP contribution in [0.5, 0.6) is 5.75 Å². The van der Waals surface area contributed by atoms with Crippen LogP contribution in [0.2, 0.25) is 0 Å². The van der Waals surface area contributed by atoms with E-state index in [4.69, 9.17) is 4.74 Å². The lowest BCUT2D eigenvalue weighted by Gasteiger charge is -2.31. The topological polar surface area (TPSA) is 75.7 Å². The van der Waals surface area contributed by atoms with E-state index in [0.717, 1.165) is 17.7 Å². The average Bonchev–Trinajstić information content (AvgIpc) is 2.78. The van der Waals surface area contributed by atoms with Crippen molar-refractivity contribution in [3.8, 4) is 5.75 Å². The van der Waals surface area contributed by atoms with E-state index in [2.05, 4.69) is 5.32 Å². The molecule has 1 fully saturated rings. The fourth-order valence-electron chi connectivity index (χ4n) is 3.75. The molecule has 180 valence electrons. The first-order valence-electron chi connectivity index (χ1n) is 10.6. The Labute approximate surface area is 191 Å². The third kappa shape index (κ3) is 5.67. The highest BCUT2D eigenvalue weighted by molar-refractivity contribution is 7.89. The molecule has 6 nitrogen and oxygen atoms in total. The fourth-order valence-corrected chi connectivity index (χ4v) is 5.47. The number of ether oxygens (including phenoxy) is 1. The lowest BCUT2D eigenvalue weighted by Crippen LogP contribution is -2.43. The van der Waals surface area contributed by atoms with Gasteiger partial charge in [0.1, 0.15) is 10.6 Å². The molecule has 0 aliphatic carbocycles. The first kappa shape index (κ1) is 25.0. The van der Waals surface area contributed by atoms with Crippen molar-refractivity contribution in [2.45, 2.75) is 43.7 Å². The number of nitrogens with one attached hydrogen (secondary N) is 1. The Kier molecular flexibility index (Phi) is 7.38. The van der Waals surface area contributed by atoms with Crippen molar-refractivity contribution in [1.29, 1.82) is 0 Å². The summed E-state index contributed by atoms with van der Waals surface area (Å²) in [5, 5.41) is 2.60. The third-order valence-corrected chi connectivity index (χ3v) is 7.59. The molecular weight excluding hydrogens is 457 g/mol. The van der Waals surface area contributed by atoms with Crippen LogP contribution < -0.4 is 10.1 Å². The van der Waals surface area contributed by atoms with Crippen molar-refractivity contribution in [1.82, 2.24) is 4.31 Å². The van der Waals surface area contributed by atoms with E-state index in [9.17, 15) is 26.4 Å². The first-order valence-corrected chi connectivity index (χ1v) is 12.0. The minimum Gasteiger partial charge on any atom is -0.495 e. The molecule has 1 heterocycles. The van der Waals surface area contributed by atoms with E-state index in [1.807, 2.05) is 19.9 Å². The highest BCUT2D eigenvalue weighted by Gasteiger charge is 2.35. The van der Waals surface area contributed by atoms with Crippen molar-refractivity contribution in [2.75, 3.05) is 25.5 Å². The summed E-state index contributed by atoms with van der Waals surface area (Å²) in [6.45, 7) is 4.16. The fraction of sp³-hybridized carbons (Fsp3) is 0.435. The minimum absolute atomic E-state index is 0.0239. The van der Waals surface area contributed by atoms with Crippen molar-refractivity contribution in [3.63, 3.8) is 0 Å². The van der Waals surface area contributed by atoms with Gasteiger partial charge in [-0.2, -0.15) is 17.5 Å². The summed E-state index contributed by atoms with van der Waals surface area (Å²) in [5.74, 6) is -0.711. The molecule has 33 heavy (non-hydrogen) atoms. The second-order valence-corrected chi connectivity index (χ2v) is 10.2. The van der Waals surface area contributed by atoms with Gasteiger partial charge in [0.25, 0.3) is 0 Å². The Balaban J connectivity index is 1.77. The van der Waals surface area contributed by atoms with Crippen LogP contribution in [0, 0.1) is 5.92 Å². The first-order chi connectivity index (χ1) is 15.4. The van der Waals surface area contributed by atoms with Gasteiger partial charge in [-0.15, -0.1) is 0 Å². The summed E-state index contributed by atoms with van der Waals surface area (Å²) in [7, 11) is -2.52. The van der Waals surface area contributed by atoms with Gasteiger partial charge >= 0.3 is 6.18 Å². The summed E-state index contributed by atoms with van der Waals surface area (Å²) in [6, 6.07) is 9.19. The molecule has 10 heteroatoms. The second-order valence-electron chi connectivity index (χ2n) is 8.33. The van der Waals surface area contributed by atoms with Gasteiger partial charge < -0.3 is 10.1 Å². The lowest BCUT2D eigenvalue weighted by atomic mass is 9.98. The Morgan fingerprint density at radius 2 is 1.82 bits per heavy atom. The van der Waals surface area contributed by atoms with E-state index in [-0.39, 0.29) is 35.3 Å². The van der Waals surface area contributed by atoms with Gasteiger partial charge in [0.05, 0.1) is 18.6 Å². The molecule has 0 radical (unpaired) electrons. The Morgan fingerprint density at radius 3 is 2.39 bits per heavy atom. The van der Waals surface area contributed by atoms with Crippen LogP contribution in [0.1, 0.15) is 43.7 Å². The number of benzene rings is 2. The van der Waals surface area contributed by atoms with Crippen LogP contribution in [0.3, 0.4) is 0 Å². The number of anilines is 1. The van der Waals surface area contributed by atoms with E-state index >= 15 is 0 Å². The number of hydrogen-bond donors (Lipinski definition) is 1. The van der Waals surface area contributed by atoms with Gasteiger partial charge in [-0.3, -0.25) is 4.79 Å². The number of nitrogens with zero attached hydrogens (tertiary/aromatic N) is 1. The number of rotatable bonds is 6. The highest BCUT2D eigenvalue weighted by Crippen LogP contribution is 2.33. The van der Waals surface area contributed by atoms with Crippen LogP contribution in [0.4, 0.5) is 18.9 Å². The maximum atomic E-state index is 13.4. The number of sulfonamides is 1. The molecule has 0 spiro atoms. The average molecular weight is 485 g/mol. The number of carbonyl (C=O) groups excluding carboxylic acids is 1. The quantitative estimate of drug-likeness (QED) is 0.634. The van der Waals surface area contributed by atoms with Gasteiger partial charge in [0.15, 0.2) is 0 Å². The largest absolute Gasteiger partial charge is 0.495 e. The Hall–Kier alpha value is -2.59. The minimum atomic E-state index is -4.46. The monoisotopic (exact) mass is 484 g/mol. The number of methoxy groups -OCH3 is 1. The smallest absolute Gasteiger partial charge is 0.416 e. The van der Waals surface area contributed by atoms with Crippen molar-refractivity contribution < 1.29 is 31.1 Å². The maximum Gasteiger partial charge on any atom is 0.416 e. The van der Waals surface area contributed by atoms with Gasteiger partial charge in [-0.05, 0) is 60.7 Å². The standard InChI is InChI=1S/C23H27F3N2O4S/c1-15(2)16-6-11-20(32-3)21(13-16)33(30,31)28-12-4-5-17(14-28)22(29)27-19-9-7-18(8-10-19)23(24,25)26/h6-11,13,15,17H,4-5,12,14H2,1-3H3,(H,27,29)/t17-/m1/s1. The number of halogens is 3. The Bertz CT molecular complexity index is 1100. The van der Waals surface area contributed by atoms with E-state index in [0.29, 0.717) is 12.8 Å². The SMILES string of the molecule is COc1ccc(C(C)C)cc1S(=O)(=O)N1CCC[C@@H](C(=O)Nc2ccc(C(F)(F)F)cc2)C1. The van der Waals surface area contributed by atoms with Crippen LogP contribution in [-0.4, -0.2) is 38.8 Å². The summed E-state index contributed by atoms with van der Waals surface area (Å²) >= 11 is 0. The molecule has 0 bridgehead atoms. The number of alkyl halides is 3. The Morgan fingerprint density at radius 1 is 1.15 bits per heavy atom. The molecule has 0 saturated carbocycles. The zero-order valence-corrected chi connectivity index (χ0v) is 19.5. The number of amides is 1. The van der Waals surface area contributed by atoms with Gasteiger partial charge in [-0.1, -0.05) is 19.9 Å². The van der Waals surface area contributed by atoms with E-state index in [1.165, 1.54) is 23.5 Å². The molecule has 0 aromatic heterocycles. The predicted molar refractivity (Wildman–Crippen MR) is 119 cm³/mol. The maximum absolute atomic E-state index is 13.4. The second kappa shape index (κ2) is 9.72. The summed E-state index contributed by atoms with van der Waals surface area (Å²) in [6.07, 6.45) is -3.51. The van der Waals surface area contributed by atoms with Crippen LogP contribution in [0.25, 0.3) is 0 Å². The zero-order chi connectivity index (χ0) is 24.4. The van der Waals surface area contributed by atoms with Crippen LogP contribution >= 0.6 is 0 Å². The van der Waals surface area contributed by atoms with E-state index < -0.39 is 33.6 Å². The van der Waals surface area contributed by atoms with Crippen LogP contribution in [0.15, 0.2) is 47.4 Å². The molecule has 1 amide bonds. The van der Waals surface area contributed by atoms with Crippen molar-refractivity contribution in [3.05, 3.63) is 53.6 Å². The van der Waals surface area contributed by atoms with Crippen molar-refractivity contribution in [2.24, 2.45) is 5.92 Å². The molecule has 1 aliphatic rings. The number of hydrogen-bond acceptors (Lipinski definition) is 4. The molecule has 1 N–H and O–H groups in total. The molecule has 2 aromatic carbocycles. The predicted octanol–water partition coefficient (Wildman–Crippen LogP) is 4.88. The summed E-state index contributed by atoms with van der Waals surface area (Å²) < 4.78 is 71.6. The summed E-state index contributed by atoms with van der Waals surface area (Å²) in [4.78, 5) is 12.8. The number of piperidine rings is 1. The summed E-state index contributed by atoms with van der Waals surface area (Å²) in [5.41, 5.74) is 0.260. The normalized spacial score (nSPS) is 17.7.